The van der Waals surface area contributed by atoms with E-state index in [1.807, 2.05) is 0 Å². The first-order valence-electron chi connectivity index (χ1n) is 6.80. The second-order valence-corrected chi connectivity index (χ2v) is 5.81. The number of rotatable bonds is 4. The fraction of sp³-hybridized carbons (Fsp3) is 0.176. The summed E-state index contributed by atoms with van der Waals surface area (Å²) in [6, 6.07) is 10.9. The van der Waals surface area contributed by atoms with Gasteiger partial charge in [-0.15, -0.1) is 0 Å². The van der Waals surface area contributed by atoms with Crippen molar-refractivity contribution in [2.75, 3.05) is 0 Å². The van der Waals surface area contributed by atoms with Crippen LogP contribution in [-0.2, 0) is 6.54 Å². The summed E-state index contributed by atoms with van der Waals surface area (Å²) in [5.74, 6) is -1.76. The number of benzene rings is 2. The average molecular weight is 360 g/mol. The molecular weight excluding hydrogens is 346 g/mol. The summed E-state index contributed by atoms with van der Waals surface area (Å²) in [5, 5.41) is 0.316. The van der Waals surface area contributed by atoms with E-state index in [9.17, 15) is 13.2 Å². The second-order valence-electron chi connectivity index (χ2n) is 5.00. The average Bonchev–Trinajstić information content (AvgIpc) is 2.50. The van der Waals surface area contributed by atoms with Crippen LogP contribution in [0.4, 0.5) is 13.2 Å². The Bertz CT molecular complexity index is 694. The minimum absolute atomic E-state index is 0.0433. The fourth-order valence-corrected chi connectivity index (χ4v) is 2.39. The van der Waals surface area contributed by atoms with E-state index in [2.05, 4.69) is 0 Å². The van der Waals surface area contributed by atoms with Crippen LogP contribution in [0.5, 0.6) is 0 Å². The van der Waals surface area contributed by atoms with Crippen molar-refractivity contribution < 1.29 is 13.2 Å². The number of halogens is 5. The molecule has 0 aromatic heterocycles. The maximum Gasteiger partial charge on any atom is 0.399 e. The molecule has 0 spiro atoms. The van der Waals surface area contributed by atoms with Crippen molar-refractivity contribution in [3.8, 4) is 0 Å². The highest BCUT2D eigenvalue weighted by molar-refractivity contribution is 6.42. The lowest BCUT2D eigenvalue weighted by atomic mass is 9.97. The Morgan fingerprint density at radius 3 is 2.17 bits per heavy atom. The lowest BCUT2D eigenvalue weighted by molar-refractivity contribution is -0.139. The summed E-state index contributed by atoms with van der Waals surface area (Å²) < 4.78 is 39.9. The van der Waals surface area contributed by atoms with E-state index < -0.39 is 12.1 Å². The van der Waals surface area contributed by atoms with Crippen molar-refractivity contribution in [1.29, 1.82) is 0 Å². The first kappa shape index (κ1) is 17.9. The van der Waals surface area contributed by atoms with E-state index in [1.54, 1.807) is 24.3 Å². The molecule has 1 atom stereocenters. The largest absolute Gasteiger partial charge is 0.399 e. The molecule has 23 heavy (non-hydrogen) atoms. The molecule has 2 aromatic rings. The highest BCUT2D eigenvalue weighted by Crippen LogP contribution is 2.38. The third kappa shape index (κ3) is 4.74. The van der Waals surface area contributed by atoms with Gasteiger partial charge in [-0.1, -0.05) is 65.7 Å². The number of hydrogen-bond acceptors (Lipinski definition) is 1. The van der Waals surface area contributed by atoms with Gasteiger partial charge in [0.2, 0.25) is 0 Å². The Morgan fingerprint density at radius 1 is 1.00 bits per heavy atom. The highest BCUT2D eigenvalue weighted by Gasteiger charge is 2.39. The number of alkyl halides is 3. The SMILES string of the molecule is NCc1ccc(/C=C/C(c2ccc(Cl)c(Cl)c2)C(F)(F)F)cc1. The van der Waals surface area contributed by atoms with E-state index in [4.69, 9.17) is 28.9 Å². The number of allylic oxidation sites excluding steroid dienone is 1. The molecule has 0 saturated carbocycles. The normalized spacial score (nSPS) is 13.5. The summed E-state index contributed by atoms with van der Waals surface area (Å²) in [4.78, 5) is 0. The molecule has 0 bridgehead atoms. The molecule has 0 saturated heterocycles. The molecule has 0 amide bonds. The summed E-state index contributed by atoms with van der Waals surface area (Å²) in [5.41, 5.74) is 7.11. The highest BCUT2D eigenvalue weighted by atomic mass is 35.5. The van der Waals surface area contributed by atoms with Crippen LogP contribution in [0.2, 0.25) is 10.0 Å². The maximum atomic E-state index is 13.3. The molecular formula is C17H14Cl2F3N. The molecule has 0 heterocycles. The fourth-order valence-electron chi connectivity index (χ4n) is 2.09. The summed E-state index contributed by atoms with van der Waals surface area (Å²) in [6.45, 7) is 0.387. The van der Waals surface area contributed by atoms with E-state index in [1.165, 1.54) is 24.3 Å². The molecule has 0 radical (unpaired) electrons. The molecule has 0 aliphatic rings. The molecule has 0 aliphatic carbocycles. The van der Waals surface area contributed by atoms with E-state index >= 15 is 0 Å². The standard InChI is InChI=1S/C17H14Cl2F3N/c18-15-8-6-13(9-16(15)19)14(17(20,21)22)7-5-11-1-3-12(10-23)4-2-11/h1-9,14H,10,23H2/b7-5+. The quantitative estimate of drug-likeness (QED) is 0.731. The van der Waals surface area contributed by atoms with Crippen LogP contribution in [0.25, 0.3) is 6.08 Å². The minimum Gasteiger partial charge on any atom is -0.326 e. The van der Waals surface area contributed by atoms with Crippen molar-refractivity contribution in [3.05, 3.63) is 75.3 Å². The van der Waals surface area contributed by atoms with E-state index in [0.717, 1.165) is 11.6 Å². The van der Waals surface area contributed by atoms with Gasteiger partial charge in [-0.2, -0.15) is 13.2 Å². The van der Waals surface area contributed by atoms with Gasteiger partial charge >= 0.3 is 6.18 Å². The molecule has 2 aromatic carbocycles. The summed E-state index contributed by atoms with van der Waals surface area (Å²) in [7, 11) is 0. The monoisotopic (exact) mass is 359 g/mol. The Morgan fingerprint density at radius 2 is 1.65 bits per heavy atom. The zero-order chi connectivity index (χ0) is 17.0. The zero-order valence-corrected chi connectivity index (χ0v) is 13.5. The van der Waals surface area contributed by atoms with Crippen LogP contribution in [0, 0.1) is 0 Å². The smallest absolute Gasteiger partial charge is 0.326 e. The number of nitrogens with two attached hydrogens (primary N) is 1. The molecule has 122 valence electrons. The molecule has 6 heteroatoms. The number of hydrogen-bond donors (Lipinski definition) is 1. The third-order valence-corrected chi connectivity index (χ3v) is 4.09. The van der Waals surface area contributed by atoms with Gasteiger partial charge in [0.15, 0.2) is 0 Å². The van der Waals surface area contributed by atoms with Crippen LogP contribution in [0.1, 0.15) is 22.6 Å². The lowest BCUT2D eigenvalue weighted by Crippen LogP contribution is -2.18. The zero-order valence-electron chi connectivity index (χ0n) is 11.9. The van der Waals surface area contributed by atoms with Gasteiger partial charge in [0.1, 0.15) is 0 Å². The Hall–Kier alpha value is -1.49. The third-order valence-electron chi connectivity index (χ3n) is 3.35. The van der Waals surface area contributed by atoms with Crippen LogP contribution >= 0.6 is 23.2 Å². The lowest BCUT2D eigenvalue weighted by Gasteiger charge is -2.18. The minimum atomic E-state index is -4.43. The Kier molecular flexibility index (Phi) is 5.74. The molecule has 2 N–H and O–H groups in total. The molecule has 2 rings (SSSR count). The van der Waals surface area contributed by atoms with Crippen LogP contribution in [0.15, 0.2) is 48.5 Å². The van der Waals surface area contributed by atoms with Crippen LogP contribution < -0.4 is 5.73 Å². The second kappa shape index (κ2) is 7.39. The Balaban J connectivity index is 2.31. The topological polar surface area (TPSA) is 26.0 Å². The van der Waals surface area contributed by atoms with Crippen molar-refractivity contribution >= 4 is 29.3 Å². The van der Waals surface area contributed by atoms with E-state index in [-0.39, 0.29) is 15.6 Å². The van der Waals surface area contributed by atoms with Gasteiger partial charge in [-0.05, 0) is 28.8 Å². The molecule has 0 aliphatic heterocycles. The van der Waals surface area contributed by atoms with Crippen molar-refractivity contribution in [1.82, 2.24) is 0 Å². The first-order chi connectivity index (χ1) is 10.8. The van der Waals surface area contributed by atoms with Gasteiger partial charge in [0, 0.05) is 6.54 Å². The van der Waals surface area contributed by atoms with Gasteiger partial charge in [0.25, 0.3) is 0 Å². The van der Waals surface area contributed by atoms with Gasteiger partial charge in [-0.3, -0.25) is 0 Å². The maximum absolute atomic E-state index is 13.3. The van der Waals surface area contributed by atoms with Gasteiger partial charge < -0.3 is 5.73 Å². The van der Waals surface area contributed by atoms with E-state index in [0.29, 0.717) is 12.1 Å². The van der Waals surface area contributed by atoms with Crippen molar-refractivity contribution in [3.63, 3.8) is 0 Å². The molecule has 1 nitrogen and oxygen atoms in total. The summed E-state index contributed by atoms with van der Waals surface area (Å²) in [6.07, 6.45) is -1.89. The van der Waals surface area contributed by atoms with Crippen molar-refractivity contribution in [2.24, 2.45) is 5.73 Å². The molecule has 0 fully saturated rings. The summed E-state index contributed by atoms with van der Waals surface area (Å²) >= 11 is 11.6. The Labute approximate surface area is 142 Å². The van der Waals surface area contributed by atoms with Gasteiger partial charge in [0.05, 0.1) is 16.0 Å². The van der Waals surface area contributed by atoms with Crippen LogP contribution in [-0.4, -0.2) is 6.18 Å². The predicted molar refractivity (Wildman–Crippen MR) is 88.6 cm³/mol. The van der Waals surface area contributed by atoms with Crippen molar-refractivity contribution in [2.45, 2.75) is 18.6 Å². The predicted octanol–water partition coefficient (Wildman–Crippen LogP) is 5.81. The molecule has 1 unspecified atom stereocenters. The first-order valence-corrected chi connectivity index (χ1v) is 7.55. The van der Waals surface area contributed by atoms with Crippen LogP contribution in [0.3, 0.4) is 0 Å². The van der Waals surface area contributed by atoms with Gasteiger partial charge in [-0.25, -0.2) is 0 Å².